The van der Waals surface area contributed by atoms with E-state index in [9.17, 15) is 14.7 Å². The van der Waals surface area contributed by atoms with E-state index in [4.69, 9.17) is 9.84 Å². The quantitative estimate of drug-likeness (QED) is 0.800. The van der Waals surface area contributed by atoms with Crippen molar-refractivity contribution in [2.75, 3.05) is 13.7 Å². The molecular weight excluding hydrogens is 274 g/mol. The maximum absolute atomic E-state index is 12.1. The molecule has 2 atom stereocenters. The van der Waals surface area contributed by atoms with E-state index in [1.807, 2.05) is 0 Å². The predicted octanol–water partition coefficient (Wildman–Crippen LogP) is 0.755. The van der Waals surface area contributed by atoms with Crippen molar-refractivity contribution in [2.24, 2.45) is 0 Å². The Morgan fingerprint density at radius 1 is 1.43 bits per heavy atom. The lowest BCUT2D eigenvalue weighted by Gasteiger charge is -2.19. The van der Waals surface area contributed by atoms with E-state index >= 15 is 0 Å². The number of benzene rings is 1. The highest BCUT2D eigenvalue weighted by Gasteiger charge is 2.37. The Labute approximate surface area is 122 Å². The van der Waals surface area contributed by atoms with E-state index < -0.39 is 24.0 Å². The summed E-state index contributed by atoms with van der Waals surface area (Å²) in [6.45, 7) is 0.0399. The number of nitrogens with zero attached hydrogens (tertiary/aromatic N) is 1. The smallest absolute Gasteiger partial charge is 0.326 e. The number of aliphatic carboxylic acids is 1. The average Bonchev–Trinajstić information content (AvgIpc) is 2.87. The minimum Gasteiger partial charge on any atom is -0.497 e. The van der Waals surface area contributed by atoms with E-state index in [0.29, 0.717) is 5.75 Å². The molecule has 0 radical (unpaired) electrons. The zero-order valence-electron chi connectivity index (χ0n) is 11.6. The van der Waals surface area contributed by atoms with Crippen LogP contribution in [0.3, 0.4) is 0 Å². The summed E-state index contributed by atoms with van der Waals surface area (Å²) in [5, 5.41) is 18.6. The number of aliphatic hydroxyl groups is 1. The topological polar surface area (TPSA) is 87.1 Å². The van der Waals surface area contributed by atoms with E-state index in [-0.39, 0.29) is 13.0 Å². The highest BCUT2D eigenvalue weighted by molar-refractivity contribution is 5.94. The standard InChI is InChI=1S/C15H17NO5/c1-21-12-4-2-3-10(7-12)5-6-14(18)16-9-11(17)8-13(16)15(19)20/h2-7,11,13,17H,8-9H2,1H3,(H,19,20)/b6-5+. The first-order chi connectivity index (χ1) is 10.0. The Kier molecular flexibility index (Phi) is 4.59. The number of methoxy groups -OCH3 is 1. The number of carboxylic acids is 1. The molecule has 1 aromatic rings. The third kappa shape index (κ3) is 3.61. The van der Waals surface area contributed by atoms with Gasteiger partial charge < -0.3 is 19.8 Å². The average molecular weight is 291 g/mol. The van der Waals surface area contributed by atoms with E-state index in [1.165, 1.54) is 11.0 Å². The van der Waals surface area contributed by atoms with Crippen LogP contribution < -0.4 is 4.74 Å². The molecular formula is C15H17NO5. The molecule has 6 nitrogen and oxygen atoms in total. The molecule has 1 saturated heterocycles. The van der Waals surface area contributed by atoms with Crippen molar-refractivity contribution < 1.29 is 24.5 Å². The molecule has 2 rings (SSSR count). The summed E-state index contributed by atoms with van der Waals surface area (Å²) in [5.74, 6) is -0.860. The van der Waals surface area contributed by atoms with Gasteiger partial charge in [0.2, 0.25) is 5.91 Å². The Bertz CT molecular complexity index is 569. The van der Waals surface area contributed by atoms with Crippen LogP contribution in [0.2, 0.25) is 0 Å². The fourth-order valence-electron chi connectivity index (χ4n) is 2.30. The molecule has 0 bridgehead atoms. The second kappa shape index (κ2) is 6.41. The number of aliphatic hydroxyl groups excluding tert-OH is 1. The van der Waals surface area contributed by atoms with Crippen LogP contribution in [0.15, 0.2) is 30.3 Å². The Hall–Kier alpha value is -2.34. The Morgan fingerprint density at radius 3 is 2.86 bits per heavy atom. The highest BCUT2D eigenvalue weighted by atomic mass is 16.5. The van der Waals surface area contributed by atoms with Crippen LogP contribution in [0, 0.1) is 0 Å². The molecule has 1 aliphatic rings. The van der Waals surface area contributed by atoms with E-state index in [1.54, 1.807) is 37.5 Å². The van der Waals surface area contributed by atoms with Gasteiger partial charge in [0, 0.05) is 19.0 Å². The fraction of sp³-hybridized carbons (Fsp3) is 0.333. The molecule has 21 heavy (non-hydrogen) atoms. The van der Waals surface area contributed by atoms with Crippen molar-refractivity contribution in [2.45, 2.75) is 18.6 Å². The van der Waals surface area contributed by atoms with Crippen LogP contribution in [0.5, 0.6) is 5.75 Å². The van der Waals surface area contributed by atoms with Crippen LogP contribution in [-0.4, -0.2) is 52.8 Å². The van der Waals surface area contributed by atoms with Crippen LogP contribution in [0.25, 0.3) is 6.08 Å². The van der Waals surface area contributed by atoms with Gasteiger partial charge in [-0.25, -0.2) is 4.79 Å². The number of amides is 1. The molecule has 0 spiro atoms. The molecule has 0 aromatic heterocycles. The van der Waals surface area contributed by atoms with Gasteiger partial charge in [-0.05, 0) is 23.8 Å². The lowest BCUT2D eigenvalue weighted by Crippen LogP contribution is -2.39. The number of carboxylic acid groups (broad SMARTS) is 1. The largest absolute Gasteiger partial charge is 0.497 e. The first kappa shape index (κ1) is 15.1. The van der Waals surface area contributed by atoms with Gasteiger partial charge in [0.1, 0.15) is 11.8 Å². The minimum atomic E-state index is -1.10. The van der Waals surface area contributed by atoms with Crippen LogP contribution in [0.4, 0.5) is 0 Å². The summed E-state index contributed by atoms with van der Waals surface area (Å²) in [7, 11) is 1.55. The third-order valence-corrected chi connectivity index (χ3v) is 3.36. The van der Waals surface area contributed by atoms with Crippen molar-refractivity contribution in [3.05, 3.63) is 35.9 Å². The fourth-order valence-corrected chi connectivity index (χ4v) is 2.30. The van der Waals surface area contributed by atoms with E-state index in [2.05, 4.69) is 0 Å². The van der Waals surface area contributed by atoms with Crippen molar-refractivity contribution in [1.29, 1.82) is 0 Å². The zero-order chi connectivity index (χ0) is 15.4. The molecule has 0 aliphatic carbocycles. The number of carbonyl (C=O) groups excluding carboxylic acids is 1. The molecule has 1 fully saturated rings. The molecule has 2 N–H and O–H groups in total. The number of carbonyl (C=O) groups is 2. The third-order valence-electron chi connectivity index (χ3n) is 3.36. The normalized spacial score (nSPS) is 21.7. The number of ether oxygens (including phenoxy) is 1. The van der Waals surface area contributed by atoms with Crippen molar-refractivity contribution in [3.63, 3.8) is 0 Å². The number of hydrogen-bond donors (Lipinski definition) is 2. The number of rotatable bonds is 4. The van der Waals surface area contributed by atoms with Gasteiger partial charge in [0.15, 0.2) is 0 Å². The molecule has 1 aliphatic heterocycles. The molecule has 1 heterocycles. The second-order valence-electron chi connectivity index (χ2n) is 4.84. The van der Waals surface area contributed by atoms with Crippen LogP contribution in [-0.2, 0) is 9.59 Å². The van der Waals surface area contributed by atoms with Gasteiger partial charge in [0.25, 0.3) is 0 Å². The summed E-state index contributed by atoms with van der Waals surface area (Å²) in [6.07, 6.45) is 2.17. The van der Waals surface area contributed by atoms with Gasteiger partial charge in [0.05, 0.1) is 13.2 Å². The molecule has 1 amide bonds. The van der Waals surface area contributed by atoms with Gasteiger partial charge in [-0.2, -0.15) is 0 Å². The highest BCUT2D eigenvalue weighted by Crippen LogP contribution is 2.19. The number of hydrogen-bond acceptors (Lipinski definition) is 4. The Balaban J connectivity index is 2.09. The molecule has 112 valence electrons. The minimum absolute atomic E-state index is 0.0399. The van der Waals surface area contributed by atoms with Gasteiger partial charge in [-0.3, -0.25) is 4.79 Å². The maximum Gasteiger partial charge on any atom is 0.326 e. The Morgan fingerprint density at radius 2 is 2.19 bits per heavy atom. The monoisotopic (exact) mass is 291 g/mol. The summed E-state index contributed by atoms with van der Waals surface area (Å²) < 4.78 is 5.08. The van der Waals surface area contributed by atoms with Crippen molar-refractivity contribution in [3.8, 4) is 5.75 Å². The lowest BCUT2D eigenvalue weighted by atomic mass is 10.2. The van der Waals surface area contributed by atoms with Crippen LogP contribution >= 0.6 is 0 Å². The lowest BCUT2D eigenvalue weighted by molar-refractivity contribution is -0.146. The molecule has 1 aromatic carbocycles. The summed E-state index contributed by atoms with van der Waals surface area (Å²) in [5.41, 5.74) is 0.773. The zero-order valence-corrected chi connectivity index (χ0v) is 11.6. The number of likely N-dealkylation sites (tertiary alicyclic amines) is 1. The van der Waals surface area contributed by atoms with Gasteiger partial charge in [-0.15, -0.1) is 0 Å². The summed E-state index contributed by atoms with van der Waals surface area (Å²) in [4.78, 5) is 24.3. The van der Waals surface area contributed by atoms with Gasteiger partial charge in [-0.1, -0.05) is 12.1 Å². The first-order valence-corrected chi connectivity index (χ1v) is 6.55. The van der Waals surface area contributed by atoms with Crippen LogP contribution in [0.1, 0.15) is 12.0 Å². The van der Waals surface area contributed by atoms with Crippen molar-refractivity contribution in [1.82, 2.24) is 4.90 Å². The van der Waals surface area contributed by atoms with E-state index in [0.717, 1.165) is 5.56 Å². The molecule has 6 heteroatoms. The summed E-state index contributed by atoms with van der Waals surface area (Å²) >= 11 is 0. The van der Waals surface area contributed by atoms with Gasteiger partial charge >= 0.3 is 5.97 Å². The second-order valence-corrected chi connectivity index (χ2v) is 4.84. The summed E-state index contributed by atoms with van der Waals surface area (Å²) in [6, 6.07) is 6.18. The predicted molar refractivity (Wildman–Crippen MR) is 75.8 cm³/mol. The molecule has 2 unspecified atom stereocenters. The SMILES string of the molecule is COc1cccc(/C=C/C(=O)N2CC(O)CC2C(=O)O)c1. The number of β-amino-alcohol motifs (C(OH)–C–C–N with tert-alkyl or cyclic N) is 1. The first-order valence-electron chi connectivity index (χ1n) is 6.55. The maximum atomic E-state index is 12.1. The van der Waals surface area contributed by atoms with Crippen molar-refractivity contribution >= 4 is 18.0 Å². The molecule has 0 saturated carbocycles.